The van der Waals surface area contributed by atoms with E-state index in [4.69, 9.17) is 27.4 Å². The quantitative estimate of drug-likeness (QED) is 0.128. The first-order valence-corrected chi connectivity index (χ1v) is 18.2. The third-order valence-electron chi connectivity index (χ3n) is 8.93. The molecule has 2 nitrogen and oxygen atoms in total. The maximum Gasteiger partial charge on any atom is 0.0645 e. The second kappa shape index (κ2) is 17.6. The molecule has 0 unspecified atom stereocenters. The molecule has 0 fully saturated rings. The molecule has 10 aromatic rings. The van der Waals surface area contributed by atoms with Crippen molar-refractivity contribution in [2.75, 3.05) is 9.80 Å². The second-order valence-corrected chi connectivity index (χ2v) is 12.7. The minimum atomic E-state index is -1.01. The molecule has 62 heavy (non-hydrogen) atoms. The number of hydrogen-bond donors (Lipinski definition) is 0. The van der Waals surface area contributed by atoms with Crippen LogP contribution < -0.4 is 9.80 Å². The Morgan fingerprint density at radius 3 is 0.581 bits per heavy atom. The molecule has 10 aromatic carbocycles. The van der Waals surface area contributed by atoms with Crippen LogP contribution in [-0.4, -0.2) is 0 Å². The van der Waals surface area contributed by atoms with Gasteiger partial charge < -0.3 is 9.80 Å². The zero-order valence-corrected chi connectivity index (χ0v) is 31.5. The van der Waals surface area contributed by atoms with Crippen LogP contribution >= 0.6 is 0 Å². The summed E-state index contributed by atoms with van der Waals surface area (Å²) in [7, 11) is 0. The van der Waals surface area contributed by atoms with Gasteiger partial charge in [-0.1, -0.05) is 193 Å². The van der Waals surface area contributed by atoms with Crippen molar-refractivity contribution in [3.63, 3.8) is 0 Å². The van der Waals surface area contributed by atoms with E-state index < -0.39 is 285 Å². The van der Waals surface area contributed by atoms with Crippen molar-refractivity contribution in [3.8, 4) is 55.6 Å². The molecular formula is C60H44N2. The molecule has 0 amide bonds. The van der Waals surface area contributed by atoms with Crippen molar-refractivity contribution in [3.05, 3.63) is 266 Å². The lowest BCUT2D eigenvalue weighted by atomic mass is 10.0. The van der Waals surface area contributed by atoms with Gasteiger partial charge in [-0.2, -0.15) is 0 Å². The summed E-state index contributed by atoms with van der Waals surface area (Å²) in [4.78, 5) is 1.59. The van der Waals surface area contributed by atoms with E-state index in [1.807, 2.05) is 0 Å². The SMILES string of the molecule is [2H]c1c([2H])c([2H])c(-c2c([2H])c([2H])c(N(c3ccc(-c4ccc(N(c5c([2H])c([2H])c(-c6c([2H])c([2H])c([2H])c([2H])c6[2H])c([2H])c5[2H])c5c([2H])c([2H])c(-c6c([2H])c([2H])c([2H])c([2H])c6[2H])c([2H])c5[2H])cc4)cc3)c3c([2H])c([2H])c(-c4c([2H])c([2H])c([2H])c([2H])c4[2H])c([2H])c3[2H])c([2H])c2[2H])c([2H])c1[2H]. The Balaban J connectivity index is 1.19. The van der Waals surface area contributed by atoms with Gasteiger partial charge in [0.05, 0.1) is 49.3 Å². The van der Waals surface area contributed by atoms with Crippen molar-refractivity contribution in [1.29, 1.82) is 0 Å². The van der Waals surface area contributed by atoms with Gasteiger partial charge in [-0.05, 0) is 128 Å². The van der Waals surface area contributed by atoms with E-state index in [1.165, 1.54) is 48.5 Å². The fourth-order valence-corrected chi connectivity index (χ4v) is 6.02. The molecule has 0 bridgehead atoms. The van der Waals surface area contributed by atoms with Gasteiger partial charge >= 0.3 is 0 Å². The van der Waals surface area contributed by atoms with Crippen LogP contribution in [0.1, 0.15) is 49.3 Å². The summed E-state index contributed by atoms with van der Waals surface area (Å²) in [5.41, 5.74) is -9.15. The Labute approximate surface area is 415 Å². The van der Waals surface area contributed by atoms with Gasteiger partial charge in [0.2, 0.25) is 0 Å². The molecule has 0 aliphatic carbocycles. The standard InChI is InChI=1S/C60H44N2/c1-5-13-45(14-6-1)49-21-33-55(34-22-49)61(56-35-23-50(24-36-56)46-15-7-2-8-16-46)59-41-29-53(30-42-59)54-31-43-60(44-32-54)62(57-37-25-51(26-38-57)47-17-9-3-10-18-47)58-39-27-52(28-40-58)48-19-11-4-12-20-48/h1-44H/i1D,2D,3D,4D,5D,6D,7D,8D,9D,10D,11D,12D,13D,14D,15D,16D,17D,18D,19D,20D,21D,22D,23D,24D,25D,26D,27D,28D,33D,34D,35D,36D,37D,38D,39D,40D. The van der Waals surface area contributed by atoms with E-state index in [1.54, 1.807) is 0 Å². The van der Waals surface area contributed by atoms with E-state index in [0.29, 0.717) is 0 Å². The van der Waals surface area contributed by atoms with E-state index in [-0.39, 0.29) is 22.5 Å². The van der Waals surface area contributed by atoms with Gasteiger partial charge in [0.15, 0.2) is 0 Å². The second-order valence-electron chi connectivity index (χ2n) is 12.7. The number of benzene rings is 10. The highest BCUT2D eigenvalue weighted by Gasteiger charge is 2.16. The lowest BCUT2D eigenvalue weighted by molar-refractivity contribution is 1.28. The van der Waals surface area contributed by atoms with Crippen LogP contribution in [-0.2, 0) is 0 Å². The highest BCUT2D eigenvalue weighted by atomic mass is 15.1. The van der Waals surface area contributed by atoms with E-state index in [0.717, 1.165) is 9.80 Å². The first-order valence-electron chi connectivity index (χ1n) is 36.2. The Hall–Kier alpha value is -8.20. The van der Waals surface area contributed by atoms with Crippen LogP contribution in [0.2, 0.25) is 0 Å². The molecule has 0 saturated carbocycles. The molecule has 2 heteroatoms. The number of hydrogen-bond acceptors (Lipinski definition) is 2. The third kappa shape index (κ3) is 8.18. The molecule has 0 heterocycles. The minimum absolute atomic E-state index is 0.235. The summed E-state index contributed by atoms with van der Waals surface area (Å²) in [6.45, 7) is 0. The Morgan fingerprint density at radius 1 is 0.177 bits per heavy atom. The molecule has 0 aliphatic rings. The van der Waals surface area contributed by atoms with Gasteiger partial charge in [-0.25, -0.2) is 0 Å². The van der Waals surface area contributed by atoms with Gasteiger partial charge in [-0.15, -0.1) is 0 Å². The van der Waals surface area contributed by atoms with Crippen molar-refractivity contribution in [2.45, 2.75) is 0 Å². The van der Waals surface area contributed by atoms with Crippen molar-refractivity contribution in [1.82, 2.24) is 0 Å². The number of nitrogens with zero attached hydrogens (tertiary/aromatic N) is 2. The first-order chi connectivity index (χ1) is 45.7. The van der Waals surface area contributed by atoms with E-state index >= 15 is 0 Å². The minimum Gasteiger partial charge on any atom is -0.311 e. The van der Waals surface area contributed by atoms with Crippen LogP contribution in [0.25, 0.3) is 55.6 Å². The molecule has 0 radical (unpaired) electrons. The van der Waals surface area contributed by atoms with Crippen molar-refractivity contribution < 1.29 is 49.3 Å². The summed E-state index contributed by atoms with van der Waals surface area (Å²) in [6, 6.07) is -23.2. The maximum absolute atomic E-state index is 9.45. The fourth-order valence-electron chi connectivity index (χ4n) is 6.02. The molecule has 10 rings (SSSR count). The van der Waals surface area contributed by atoms with E-state index in [9.17, 15) is 21.9 Å². The zero-order chi connectivity index (χ0) is 72.8. The molecular weight excluding hydrogens is 749 g/mol. The highest BCUT2D eigenvalue weighted by molar-refractivity contribution is 5.83. The van der Waals surface area contributed by atoms with Gasteiger partial charge in [0, 0.05) is 34.1 Å². The predicted molar refractivity (Wildman–Crippen MR) is 263 cm³/mol. The molecule has 0 N–H and O–H groups in total. The van der Waals surface area contributed by atoms with Crippen molar-refractivity contribution in [2.24, 2.45) is 0 Å². The predicted octanol–water partition coefficient (Wildman–Crippen LogP) is 17.0. The van der Waals surface area contributed by atoms with Gasteiger partial charge in [0.1, 0.15) is 0 Å². The third-order valence-corrected chi connectivity index (χ3v) is 8.93. The van der Waals surface area contributed by atoms with Crippen LogP contribution in [0.5, 0.6) is 0 Å². The largest absolute Gasteiger partial charge is 0.311 e. The monoisotopic (exact) mass is 829 g/mol. The molecule has 294 valence electrons. The normalized spacial score (nSPS) is 19.0. The molecule has 0 saturated heterocycles. The maximum atomic E-state index is 9.45. The summed E-state index contributed by atoms with van der Waals surface area (Å²) >= 11 is 0. The van der Waals surface area contributed by atoms with Crippen LogP contribution in [0.4, 0.5) is 34.1 Å². The summed E-state index contributed by atoms with van der Waals surface area (Å²) in [6.07, 6.45) is 0. The molecule has 0 spiro atoms. The van der Waals surface area contributed by atoms with Gasteiger partial charge in [-0.3, -0.25) is 0 Å². The summed E-state index contributed by atoms with van der Waals surface area (Å²) in [5, 5.41) is 0. The van der Waals surface area contributed by atoms with E-state index in [2.05, 4.69) is 0 Å². The first kappa shape index (κ1) is 15.4. The Kier molecular flexibility index (Phi) is 4.35. The van der Waals surface area contributed by atoms with Crippen LogP contribution in [0.15, 0.2) is 266 Å². The number of anilines is 6. The molecule has 0 atom stereocenters. The Morgan fingerprint density at radius 2 is 0.371 bits per heavy atom. The van der Waals surface area contributed by atoms with Crippen molar-refractivity contribution >= 4 is 34.1 Å². The number of rotatable bonds is 11. The smallest absolute Gasteiger partial charge is 0.0645 e. The lowest BCUT2D eigenvalue weighted by Gasteiger charge is -2.27. The zero-order valence-electron chi connectivity index (χ0n) is 67.5. The average Bonchev–Trinajstić information content (AvgIpc) is 0.731. The van der Waals surface area contributed by atoms with Crippen LogP contribution in [0, 0.1) is 0 Å². The molecule has 0 aliphatic heterocycles. The highest BCUT2D eigenvalue weighted by Crippen LogP contribution is 2.40. The Bertz CT molecular complexity index is 4340. The van der Waals surface area contributed by atoms with Crippen LogP contribution in [0.3, 0.4) is 0 Å². The summed E-state index contributed by atoms with van der Waals surface area (Å²) < 4.78 is 317. The van der Waals surface area contributed by atoms with Gasteiger partial charge in [0.25, 0.3) is 0 Å². The molecule has 0 aromatic heterocycles. The average molecular weight is 829 g/mol. The topological polar surface area (TPSA) is 6.48 Å². The lowest BCUT2D eigenvalue weighted by Crippen LogP contribution is -2.10. The summed E-state index contributed by atoms with van der Waals surface area (Å²) in [5.74, 6) is 0. The fraction of sp³-hybridized carbons (Fsp3) is 0.